The van der Waals surface area contributed by atoms with Crippen molar-refractivity contribution in [2.75, 3.05) is 19.7 Å². The van der Waals surface area contributed by atoms with Crippen molar-refractivity contribution in [3.05, 3.63) is 64.2 Å². The number of carbonyl (C=O) groups is 2. The number of halogens is 1. The molecule has 0 saturated carbocycles. The van der Waals surface area contributed by atoms with Gasteiger partial charge >= 0.3 is 0 Å². The summed E-state index contributed by atoms with van der Waals surface area (Å²) in [6, 6.07) is 12.4. The van der Waals surface area contributed by atoms with E-state index in [2.05, 4.69) is 10.6 Å². The second-order valence-electron chi connectivity index (χ2n) is 5.60. The summed E-state index contributed by atoms with van der Waals surface area (Å²) in [5, 5.41) is 5.92. The van der Waals surface area contributed by atoms with Crippen LogP contribution >= 0.6 is 11.6 Å². The lowest BCUT2D eigenvalue weighted by Crippen LogP contribution is -2.36. The lowest BCUT2D eigenvalue weighted by molar-refractivity contribution is -0.123. The van der Waals surface area contributed by atoms with Gasteiger partial charge in [0.1, 0.15) is 5.75 Å². The molecule has 6 heteroatoms. The van der Waals surface area contributed by atoms with Gasteiger partial charge in [-0.1, -0.05) is 29.8 Å². The first kappa shape index (κ1) is 18.8. The lowest BCUT2D eigenvalue weighted by Gasteiger charge is -2.11. The SMILES string of the molecule is Cc1cccc(OCC(=O)NCCNC(=O)c2cccc(Cl)c2)c1C. The normalized spacial score (nSPS) is 10.2. The number of hydrogen-bond acceptors (Lipinski definition) is 3. The Bertz CT molecular complexity index is 762. The molecule has 2 rings (SSSR count). The zero-order valence-corrected chi connectivity index (χ0v) is 15.0. The molecule has 2 aromatic rings. The van der Waals surface area contributed by atoms with Crippen LogP contribution in [0, 0.1) is 13.8 Å². The number of carbonyl (C=O) groups excluding carboxylic acids is 2. The largest absolute Gasteiger partial charge is 0.483 e. The van der Waals surface area contributed by atoms with E-state index in [1.807, 2.05) is 32.0 Å². The number of rotatable bonds is 7. The Balaban J connectivity index is 1.68. The molecule has 2 amide bonds. The van der Waals surface area contributed by atoms with Crippen molar-refractivity contribution in [2.45, 2.75) is 13.8 Å². The molecule has 0 atom stereocenters. The van der Waals surface area contributed by atoms with Crippen LogP contribution in [-0.4, -0.2) is 31.5 Å². The van der Waals surface area contributed by atoms with Crippen LogP contribution in [0.2, 0.25) is 5.02 Å². The number of benzene rings is 2. The van der Waals surface area contributed by atoms with Gasteiger partial charge in [-0.3, -0.25) is 9.59 Å². The first-order chi connectivity index (χ1) is 12.0. The summed E-state index contributed by atoms with van der Waals surface area (Å²) >= 11 is 5.85. The molecule has 2 N–H and O–H groups in total. The monoisotopic (exact) mass is 360 g/mol. The molecule has 0 heterocycles. The van der Waals surface area contributed by atoms with E-state index in [1.54, 1.807) is 24.3 Å². The predicted molar refractivity (Wildman–Crippen MR) is 98.2 cm³/mol. The summed E-state index contributed by atoms with van der Waals surface area (Å²) in [4.78, 5) is 23.7. The number of hydrogen-bond donors (Lipinski definition) is 2. The van der Waals surface area contributed by atoms with Crippen LogP contribution in [0.1, 0.15) is 21.5 Å². The number of amides is 2. The van der Waals surface area contributed by atoms with Gasteiger partial charge in [0.15, 0.2) is 6.61 Å². The molecule has 0 saturated heterocycles. The first-order valence-corrected chi connectivity index (χ1v) is 8.34. The van der Waals surface area contributed by atoms with Gasteiger partial charge in [-0.15, -0.1) is 0 Å². The maximum absolute atomic E-state index is 11.9. The van der Waals surface area contributed by atoms with E-state index in [4.69, 9.17) is 16.3 Å². The van der Waals surface area contributed by atoms with E-state index in [-0.39, 0.29) is 18.4 Å². The Morgan fingerprint density at radius 1 is 1.04 bits per heavy atom. The predicted octanol–water partition coefficient (Wildman–Crippen LogP) is 2.88. The highest BCUT2D eigenvalue weighted by Gasteiger charge is 2.07. The molecule has 0 fully saturated rings. The summed E-state index contributed by atoms with van der Waals surface area (Å²) in [6.07, 6.45) is 0. The van der Waals surface area contributed by atoms with E-state index in [0.717, 1.165) is 11.1 Å². The highest BCUT2D eigenvalue weighted by atomic mass is 35.5. The van der Waals surface area contributed by atoms with Crippen molar-refractivity contribution < 1.29 is 14.3 Å². The average molecular weight is 361 g/mol. The first-order valence-electron chi connectivity index (χ1n) is 7.97. The molecule has 132 valence electrons. The van der Waals surface area contributed by atoms with Gasteiger partial charge in [-0.25, -0.2) is 0 Å². The van der Waals surface area contributed by atoms with E-state index in [9.17, 15) is 9.59 Å². The van der Waals surface area contributed by atoms with Crippen LogP contribution < -0.4 is 15.4 Å². The Morgan fingerprint density at radius 3 is 2.52 bits per heavy atom. The van der Waals surface area contributed by atoms with Crippen molar-refractivity contribution in [3.63, 3.8) is 0 Å². The summed E-state index contributed by atoms with van der Waals surface area (Å²) in [6.45, 7) is 4.52. The van der Waals surface area contributed by atoms with Crippen LogP contribution in [0.5, 0.6) is 5.75 Å². The minimum absolute atomic E-state index is 0.0630. The summed E-state index contributed by atoms with van der Waals surface area (Å²) < 4.78 is 5.53. The van der Waals surface area contributed by atoms with Crippen molar-refractivity contribution in [1.82, 2.24) is 10.6 Å². The topological polar surface area (TPSA) is 67.4 Å². The lowest BCUT2D eigenvalue weighted by atomic mass is 10.1. The third-order valence-corrected chi connectivity index (χ3v) is 3.97. The maximum Gasteiger partial charge on any atom is 0.258 e. The van der Waals surface area contributed by atoms with Gasteiger partial charge in [0, 0.05) is 23.7 Å². The molecule has 0 aliphatic rings. The highest BCUT2D eigenvalue weighted by Crippen LogP contribution is 2.20. The minimum atomic E-state index is -0.238. The van der Waals surface area contributed by atoms with E-state index >= 15 is 0 Å². The number of ether oxygens (including phenoxy) is 1. The smallest absolute Gasteiger partial charge is 0.258 e. The van der Waals surface area contributed by atoms with E-state index in [1.165, 1.54) is 0 Å². The summed E-state index contributed by atoms with van der Waals surface area (Å²) in [5.41, 5.74) is 2.61. The summed E-state index contributed by atoms with van der Waals surface area (Å²) in [5.74, 6) is 0.228. The average Bonchev–Trinajstić information content (AvgIpc) is 2.59. The zero-order valence-electron chi connectivity index (χ0n) is 14.3. The molecule has 0 aromatic heterocycles. The molecule has 0 unspecified atom stereocenters. The molecule has 2 aromatic carbocycles. The quantitative estimate of drug-likeness (QED) is 0.746. The summed E-state index contributed by atoms with van der Waals surface area (Å²) in [7, 11) is 0. The minimum Gasteiger partial charge on any atom is -0.483 e. The van der Waals surface area contributed by atoms with E-state index in [0.29, 0.717) is 29.4 Å². The Kier molecular flexibility index (Phi) is 6.83. The van der Waals surface area contributed by atoms with Crippen molar-refractivity contribution in [2.24, 2.45) is 0 Å². The zero-order chi connectivity index (χ0) is 18.2. The highest BCUT2D eigenvalue weighted by molar-refractivity contribution is 6.30. The van der Waals surface area contributed by atoms with Gasteiger partial charge in [-0.05, 0) is 49.2 Å². The van der Waals surface area contributed by atoms with Crippen LogP contribution in [0.4, 0.5) is 0 Å². The molecule has 0 aliphatic heterocycles. The van der Waals surface area contributed by atoms with Crippen LogP contribution in [0.25, 0.3) is 0 Å². The van der Waals surface area contributed by atoms with Crippen molar-refractivity contribution >= 4 is 23.4 Å². The molecule has 0 aliphatic carbocycles. The Labute approximate surface area is 152 Å². The van der Waals surface area contributed by atoms with Gasteiger partial charge < -0.3 is 15.4 Å². The molecule has 0 bridgehead atoms. The van der Waals surface area contributed by atoms with Gasteiger partial charge in [0.25, 0.3) is 11.8 Å². The second-order valence-corrected chi connectivity index (χ2v) is 6.04. The maximum atomic E-state index is 11.9. The fourth-order valence-electron chi connectivity index (χ4n) is 2.18. The van der Waals surface area contributed by atoms with Gasteiger partial charge in [-0.2, -0.15) is 0 Å². The molecule has 0 spiro atoms. The van der Waals surface area contributed by atoms with Gasteiger partial charge in [0.2, 0.25) is 0 Å². The number of nitrogens with one attached hydrogen (secondary N) is 2. The number of aryl methyl sites for hydroxylation is 1. The third kappa shape index (κ3) is 5.80. The van der Waals surface area contributed by atoms with Crippen LogP contribution in [0.15, 0.2) is 42.5 Å². The van der Waals surface area contributed by atoms with E-state index < -0.39 is 0 Å². The molecule has 25 heavy (non-hydrogen) atoms. The fraction of sp³-hybridized carbons (Fsp3) is 0.263. The molecular formula is C19H21ClN2O3. The molecule has 5 nitrogen and oxygen atoms in total. The standard InChI is InChI=1S/C19H21ClN2O3/c1-13-5-3-8-17(14(13)2)25-12-18(23)21-9-10-22-19(24)15-6-4-7-16(20)11-15/h3-8,11H,9-10,12H2,1-2H3,(H,21,23)(H,22,24). The van der Waals surface area contributed by atoms with Gasteiger partial charge in [0.05, 0.1) is 0 Å². The Morgan fingerprint density at radius 2 is 1.76 bits per heavy atom. The second kappa shape index (κ2) is 9.08. The Hall–Kier alpha value is -2.53. The molecular weight excluding hydrogens is 340 g/mol. The van der Waals surface area contributed by atoms with Crippen molar-refractivity contribution in [1.29, 1.82) is 0 Å². The fourth-order valence-corrected chi connectivity index (χ4v) is 2.37. The van der Waals surface area contributed by atoms with Crippen molar-refractivity contribution in [3.8, 4) is 5.75 Å². The van der Waals surface area contributed by atoms with Crippen LogP contribution in [-0.2, 0) is 4.79 Å². The van der Waals surface area contributed by atoms with Crippen LogP contribution in [0.3, 0.4) is 0 Å². The third-order valence-electron chi connectivity index (χ3n) is 3.73. The molecule has 0 radical (unpaired) electrons.